The monoisotopic (exact) mass is 341 g/mol. The summed E-state index contributed by atoms with van der Waals surface area (Å²) in [5.41, 5.74) is 3.46. The molecule has 1 aromatic carbocycles. The first-order chi connectivity index (χ1) is 10.5. The third kappa shape index (κ3) is 5.91. The molecule has 2 N–H and O–H groups in total. The maximum absolute atomic E-state index is 6.23. The molecule has 0 amide bonds. The van der Waals surface area contributed by atoms with E-state index in [1.54, 1.807) is 31.5 Å². The van der Waals surface area contributed by atoms with Gasteiger partial charge in [-0.2, -0.15) is 5.10 Å². The van der Waals surface area contributed by atoms with Crippen LogP contribution in [0, 0.1) is 0 Å². The predicted octanol–water partition coefficient (Wildman–Crippen LogP) is 3.12. The molecule has 0 saturated heterocycles. The Balaban J connectivity index is 2.82. The summed E-state index contributed by atoms with van der Waals surface area (Å²) < 4.78 is 11.0. The molecule has 7 heteroatoms. The van der Waals surface area contributed by atoms with E-state index in [0.29, 0.717) is 28.2 Å². The quantitative estimate of drug-likeness (QED) is 0.345. The molecular weight excluding hydrogens is 322 g/mol. The molecule has 22 heavy (non-hydrogen) atoms. The number of rotatable bonds is 7. The van der Waals surface area contributed by atoms with Crippen LogP contribution in [-0.2, 0) is 0 Å². The zero-order valence-electron chi connectivity index (χ0n) is 12.9. The highest BCUT2D eigenvalue weighted by atomic mass is 35.5. The first-order valence-electron chi connectivity index (χ1n) is 6.70. The lowest BCUT2D eigenvalue weighted by Gasteiger charge is -2.15. The number of hydrogen-bond acceptors (Lipinski definition) is 4. The molecule has 120 valence electrons. The average molecular weight is 342 g/mol. The Bertz CT molecular complexity index is 562. The highest BCUT2D eigenvalue weighted by Gasteiger charge is 2.12. The lowest BCUT2D eigenvalue weighted by molar-refractivity contribution is 0.230. The number of methoxy groups -OCH3 is 1. The fourth-order valence-electron chi connectivity index (χ4n) is 1.53. The van der Waals surface area contributed by atoms with E-state index in [1.807, 2.05) is 13.8 Å². The van der Waals surface area contributed by atoms with E-state index in [9.17, 15) is 0 Å². The van der Waals surface area contributed by atoms with Crippen LogP contribution in [0.3, 0.4) is 0 Å². The molecule has 0 saturated carbocycles. The lowest BCUT2D eigenvalue weighted by Crippen LogP contribution is -2.31. The summed E-state index contributed by atoms with van der Waals surface area (Å²) >= 11 is 11.3. The van der Waals surface area contributed by atoms with Crippen LogP contribution in [0.1, 0.15) is 19.4 Å². The molecular formula is C15H20ClN3O2S. The van der Waals surface area contributed by atoms with E-state index in [1.165, 1.54) is 0 Å². The molecule has 0 fully saturated rings. The summed E-state index contributed by atoms with van der Waals surface area (Å²) in [7, 11) is 1.56. The highest BCUT2D eigenvalue weighted by Crippen LogP contribution is 2.36. The summed E-state index contributed by atoms with van der Waals surface area (Å²) in [5, 5.41) is 7.81. The van der Waals surface area contributed by atoms with E-state index in [0.717, 1.165) is 5.56 Å². The molecule has 0 aromatic heterocycles. The Morgan fingerprint density at radius 1 is 1.50 bits per heavy atom. The molecule has 0 atom stereocenters. The van der Waals surface area contributed by atoms with Gasteiger partial charge >= 0.3 is 0 Å². The van der Waals surface area contributed by atoms with Gasteiger partial charge in [-0.15, -0.1) is 6.58 Å². The lowest BCUT2D eigenvalue weighted by atomic mass is 10.2. The largest absolute Gasteiger partial charge is 0.493 e. The molecule has 5 nitrogen and oxygen atoms in total. The Morgan fingerprint density at radius 2 is 2.23 bits per heavy atom. The second kappa shape index (κ2) is 9.27. The van der Waals surface area contributed by atoms with Gasteiger partial charge in [-0.1, -0.05) is 17.7 Å². The smallest absolute Gasteiger partial charge is 0.187 e. The number of nitrogens with one attached hydrogen (secondary N) is 2. The first kappa shape index (κ1) is 18.3. The molecule has 0 aliphatic rings. The Morgan fingerprint density at radius 3 is 2.82 bits per heavy atom. The third-order valence-electron chi connectivity index (χ3n) is 2.39. The summed E-state index contributed by atoms with van der Waals surface area (Å²) in [6, 6.07) is 3.53. The van der Waals surface area contributed by atoms with Gasteiger partial charge in [-0.05, 0) is 43.8 Å². The second-order valence-electron chi connectivity index (χ2n) is 4.57. The summed E-state index contributed by atoms with van der Waals surface area (Å²) in [6.45, 7) is 8.01. The van der Waals surface area contributed by atoms with Gasteiger partial charge in [0.15, 0.2) is 16.6 Å². The van der Waals surface area contributed by atoms with E-state index < -0.39 is 0 Å². The predicted molar refractivity (Wildman–Crippen MR) is 95.3 cm³/mol. The summed E-state index contributed by atoms with van der Waals surface area (Å²) in [4.78, 5) is 0. The van der Waals surface area contributed by atoms with Crippen LogP contribution in [0.25, 0.3) is 0 Å². The Hall–Kier alpha value is -1.79. The summed E-state index contributed by atoms with van der Waals surface area (Å²) in [6.07, 6.45) is 3.30. The zero-order chi connectivity index (χ0) is 16.5. The van der Waals surface area contributed by atoms with Crippen molar-refractivity contribution in [1.82, 2.24) is 10.7 Å². The minimum absolute atomic E-state index is 0.000826. The molecule has 0 aliphatic heterocycles. The number of halogens is 1. The molecule has 0 unspecified atom stereocenters. The Kier molecular flexibility index (Phi) is 7.70. The number of thiocarbonyl (C=S) groups is 1. The highest BCUT2D eigenvalue weighted by molar-refractivity contribution is 7.80. The Labute approximate surface area is 141 Å². The molecule has 0 spiro atoms. The van der Waals surface area contributed by atoms with Gasteiger partial charge in [0.1, 0.15) is 0 Å². The minimum Gasteiger partial charge on any atom is -0.493 e. The molecule has 0 bridgehead atoms. The van der Waals surface area contributed by atoms with E-state index >= 15 is 0 Å². The number of benzene rings is 1. The maximum Gasteiger partial charge on any atom is 0.187 e. The van der Waals surface area contributed by atoms with Crippen LogP contribution in [0.2, 0.25) is 5.02 Å². The number of ether oxygens (including phenoxy) is 2. The van der Waals surface area contributed by atoms with Crippen molar-refractivity contribution in [2.24, 2.45) is 5.10 Å². The van der Waals surface area contributed by atoms with Crippen LogP contribution < -0.4 is 20.2 Å². The zero-order valence-corrected chi connectivity index (χ0v) is 14.4. The van der Waals surface area contributed by atoms with Crippen LogP contribution in [0.15, 0.2) is 29.9 Å². The van der Waals surface area contributed by atoms with Gasteiger partial charge < -0.3 is 14.8 Å². The molecule has 1 aromatic rings. The van der Waals surface area contributed by atoms with Crippen molar-refractivity contribution in [3.05, 3.63) is 35.4 Å². The van der Waals surface area contributed by atoms with Crippen LogP contribution in [0.4, 0.5) is 0 Å². The van der Waals surface area contributed by atoms with Crippen molar-refractivity contribution in [3.63, 3.8) is 0 Å². The van der Waals surface area contributed by atoms with Gasteiger partial charge in [0.2, 0.25) is 0 Å². The standard InChI is InChI=1S/C15H20ClN3O2S/c1-5-6-17-15(22)19-18-9-11-7-12(16)14(21-10(2)3)13(8-11)20-4/h5,7-10H,1,6H2,2-4H3,(H2,17,19,22)/b18-9-. The van der Waals surface area contributed by atoms with Gasteiger partial charge in [-0.3, -0.25) is 5.43 Å². The fourth-order valence-corrected chi connectivity index (χ4v) is 1.93. The topological polar surface area (TPSA) is 54.9 Å². The van der Waals surface area contributed by atoms with Crippen molar-refractivity contribution in [2.75, 3.05) is 13.7 Å². The van der Waals surface area contributed by atoms with Crippen molar-refractivity contribution in [3.8, 4) is 11.5 Å². The first-order valence-corrected chi connectivity index (χ1v) is 7.48. The normalized spacial score (nSPS) is 10.6. The SMILES string of the molecule is C=CCNC(=S)N/N=C\c1cc(Cl)c(OC(C)C)c(OC)c1. The molecule has 0 radical (unpaired) electrons. The second-order valence-corrected chi connectivity index (χ2v) is 5.38. The van der Waals surface area contributed by atoms with Crippen LogP contribution >= 0.6 is 23.8 Å². The number of nitrogens with zero attached hydrogens (tertiary/aromatic N) is 1. The van der Waals surface area contributed by atoms with Crippen molar-refractivity contribution < 1.29 is 9.47 Å². The van der Waals surface area contributed by atoms with Gasteiger partial charge in [0.05, 0.1) is 24.5 Å². The van der Waals surface area contributed by atoms with Crippen molar-refractivity contribution in [1.29, 1.82) is 0 Å². The van der Waals surface area contributed by atoms with Gasteiger partial charge in [0.25, 0.3) is 0 Å². The molecule has 0 aliphatic carbocycles. The van der Waals surface area contributed by atoms with Crippen molar-refractivity contribution >= 4 is 35.1 Å². The van der Waals surface area contributed by atoms with Crippen molar-refractivity contribution in [2.45, 2.75) is 20.0 Å². The van der Waals surface area contributed by atoms with E-state index in [-0.39, 0.29) is 6.10 Å². The molecule has 1 rings (SSSR count). The van der Waals surface area contributed by atoms with Gasteiger partial charge in [0, 0.05) is 6.54 Å². The van der Waals surface area contributed by atoms with E-state index in [4.69, 9.17) is 33.3 Å². The average Bonchev–Trinajstić information content (AvgIpc) is 2.47. The van der Waals surface area contributed by atoms with Crippen LogP contribution in [0.5, 0.6) is 11.5 Å². The summed E-state index contributed by atoms with van der Waals surface area (Å²) in [5.74, 6) is 1.07. The van der Waals surface area contributed by atoms with Gasteiger partial charge in [-0.25, -0.2) is 0 Å². The third-order valence-corrected chi connectivity index (χ3v) is 2.91. The fraction of sp³-hybridized carbons (Fsp3) is 0.333. The maximum atomic E-state index is 6.23. The number of hydrogen-bond donors (Lipinski definition) is 2. The minimum atomic E-state index is 0.000826. The number of hydrazone groups is 1. The molecule has 0 heterocycles. The van der Waals surface area contributed by atoms with E-state index in [2.05, 4.69) is 22.4 Å². The van der Waals surface area contributed by atoms with Crippen LogP contribution in [-0.4, -0.2) is 31.1 Å².